The Balaban J connectivity index is 1.04. The summed E-state index contributed by atoms with van der Waals surface area (Å²) in [5.74, 6) is 1.78. The zero-order valence-corrected chi connectivity index (χ0v) is 36.6. The van der Waals surface area contributed by atoms with Crippen LogP contribution in [0.2, 0.25) is 0 Å². The first kappa shape index (κ1) is 38.1. The van der Waals surface area contributed by atoms with Crippen LogP contribution in [-0.2, 0) is 0 Å². The highest BCUT2D eigenvalue weighted by molar-refractivity contribution is 6.24. The third kappa shape index (κ3) is 5.99. The lowest BCUT2D eigenvalue weighted by atomic mass is 9.94. The molecule has 14 rings (SSSR count). The fourth-order valence-electron chi connectivity index (χ4n) is 10.5. The highest BCUT2D eigenvalue weighted by atomic mass is 16.3. The van der Waals surface area contributed by atoms with Crippen LogP contribution in [0.4, 0.5) is 0 Å². The Bertz CT molecular complexity index is 4310. The van der Waals surface area contributed by atoms with Gasteiger partial charge in [0.2, 0.25) is 0 Å². The molecule has 0 N–H and O–H groups in total. The molecule has 5 heteroatoms. The number of hydrogen-bond donors (Lipinski definition) is 0. The van der Waals surface area contributed by atoms with E-state index in [2.05, 4.69) is 211 Å². The van der Waals surface area contributed by atoms with Crippen molar-refractivity contribution < 1.29 is 4.42 Å². The number of furan rings is 1. The van der Waals surface area contributed by atoms with Gasteiger partial charge in [-0.25, -0.2) is 15.0 Å². The van der Waals surface area contributed by atoms with Crippen LogP contribution < -0.4 is 0 Å². The van der Waals surface area contributed by atoms with E-state index in [1.54, 1.807) is 0 Å². The van der Waals surface area contributed by atoms with Gasteiger partial charge in [-0.3, -0.25) is 0 Å². The Morgan fingerprint density at radius 1 is 0.294 bits per heavy atom. The molecule has 3 aromatic heterocycles. The van der Waals surface area contributed by atoms with Crippen molar-refractivity contribution >= 4 is 76.1 Å². The molecule has 68 heavy (non-hydrogen) atoms. The van der Waals surface area contributed by atoms with Crippen molar-refractivity contribution in [2.24, 2.45) is 0 Å². The summed E-state index contributed by atoms with van der Waals surface area (Å²) in [5.41, 5.74) is 12.1. The highest BCUT2D eigenvalue weighted by Gasteiger charge is 2.24. The van der Waals surface area contributed by atoms with Crippen molar-refractivity contribution in [1.82, 2.24) is 19.5 Å². The minimum Gasteiger partial charge on any atom is -0.456 e. The van der Waals surface area contributed by atoms with Gasteiger partial charge < -0.3 is 8.98 Å². The zero-order chi connectivity index (χ0) is 44.7. The monoisotopic (exact) mass is 866 g/mol. The lowest BCUT2D eigenvalue weighted by Gasteiger charge is -2.15. The molecule has 0 radical (unpaired) electrons. The SMILES string of the molecule is c1ccc(-c2nc(-c3ccc(-c4ccccc4)c4ccccc34)nc(-c3cccc4oc5cc(-n6c7cc8ccccc8cc7c7c8ccccc8ccc76)c(-c6ccccc6)cc5c34)n2)cc1. The summed E-state index contributed by atoms with van der Waals surface area (Å²) >= 11 is 0. The van der Waals surface area contributed by atoms with E-state index >= 15 is 0 Å². The molecule has 0 unspecified atom stereocenters. The van der Waals surface area contributed by atoms with Crippen molar-refractivity contribution in [3.8, 4) is 62.1 Å². The summed E-state index contributed by atoms with van der Waals surface area (Å²) in [5, 5.41) is 11.4. The maximum Gasteiger partial charge on any atom is 0.164 e. The third-order valence-electron chi connectivity index (χ3n) is 13.6. The van der Waals surface area contributed by atoms with E-state index in [1.165, 1.54) is 32.3 Å². The van der Waals surface area contributed by atoms with Crippen LogP contribution in [0.5, 0.6) is 0 Å². The van der Waals surface area contributed by atoms with Gasteiger partial charge in [-0.1, -0.05) is 188 Å². The van der Waals surface area contributed by atoms with Crippen molar-refractivity contribution in [2.45, 2.75) is 0 Å². The summed E-state index contributed by atoms with van der Waals surface area (Å²) in [6, 6.07) is 81.6. The number of fused-ring (bicyclic) bond motifs is 10. The molecule has 0 saturated heterocycles. The second-order valence-corrected chi connectivity index (χ2v) is 17.5. The smallest absolute Gasteiger partial charge is 0.164 e. The first-order valence-electron chi connectivity index (χ1n) is 23.0. The van der Waals surface area contributed by atoms with E-state index in [9.17, 15) is 0 Å². The van der Waals surface area contributed by atoms with Crippen molar-refractivity contribution in [2.75, 3.05) is 0 Å². The van der Waals surface area contributed by atoms with E-state index in [1.807, 2.05) is 24.3 Å². The van der Waals surface area contributed by atoms with Crippen LogP contribution in [0.15, 0.2) is 235 Å². The molecule has 0 aliphatic carbocycles. The molecule has 0 spiro atoms. The molecule has 0 fully saturated rings. The minimum atomic E-state index is 0.574. The Morgan fingerprint density at radius 2 is 0.868 bits per heavy atom. The zero-order valence-electron chi connectivity index (χ0n) is 36.6. The predicted molar refractivity (Wildman–Crippen MR) is 281 cm³/mol. The molecular weight excluding hydrogens is 829 g/mol. The summed E-state index contributed by atoms with van der Waals surface area (Å²) in [7, 11) is 0. The van der Waals surface area contributed by atoms with Gasteiger partial charge in [-0.15, -0.1) is 0 Å². The standard InChI is InChI=1S/C63H38N4O/c1-4-17-39(18-5-1)45-32-33-49(48-28-15-14-27-47(45)48)62-64-61(42-22-8-3-9-23-42)65-63(66-62)50-29-16-30-57-60(50)53-37-51(40-19-6-2-7-20-40)56(38-58(53)68-57)67-54-34-31-41-21-12-13-26-46(41)59(54)52-35-43-24-10-11-25-44(43)36-55(52)67/h1-38H. The van der Waals surface area contributed by atoms with Gasteiger partial charge in [0.15, 0.2) is 17.5 Å². The molecular formula is C63H38N4O. The van der Waals surface area contributed by atoms with Crippen molar-refractivity contribution in [1.29, 1.82) is 0 Å². The quantitative estimate of drug-likeness (QED) is 0.167. The van der Waals surface area contributed by atoms with Gasteiger partial charge in [-0.05, 0) is 85.4 Å². The Hall–Kier alpha value is -9.19. The van der Waals surface area contributed by atoms with E-state index in [0.717, 1.165) is 88.4 Å². The molecule has 14 aromatic rings. The number of hydrogen-bond acceptors (Lipinski definition) is 4. The maximum absolute atomic E-state index is 6.97. The Labute approximate surface area is 390 Å². The lowest BCUT2D eigenvalue weighted by Crippen LogP contribution is -2.01. The molecule has 11 aromatic carbocycles. The van der Waals surface area contributed by atoms with Crippen LogP contribution in [-0.4, -0.2) is 19.5 Å². The van der Waals surface area contributed by atoms with Gasteiger partial charge in [0.1, 0.15) is 11.2 Å². The van der Waals surface area contributed by atoms with Crippen molar-refractivity contribution in [3.63, 3.8) is 0 Å². The fraction of sp³-hybridized carbons (Fsp3) is 0. The first-order chi connectivity index (χ1) is 33.7. The number of aromatic nitrogens is 4. The summed E-state index contributed by atoms with van der Waals surface area (Å²) in [4.78, 5) is 15.9. The number of rotatable bonds is 6. The molecule has 0 aliphatic heterocycles. The second-order valence-electron chi connectivity index (χ2n) is 17.5. The normalized spacial score (nSPS) is 11.8. The van der Waals surface area contributed by atoms with Crippen LogP contribution in [0.3, 0.4) is 0 Å². The van der Waals surface area contributed by atoms with Crippen LogP contribution in [0, 0.1) is 0 Å². The average Bonchev–Trinajstić information content (AvgIpc) is 3.95. The van der Waals surface area contributed by atoms with Gasteiger partial charge in [0.05, 0.1) is 16.7 Å². The van der Waals surface area contributed by atoms with Gasteiger partial charge in [0.25, 0.3) is 0 Å². The fourth-order valence-corrected chi connectivity index (χ4v) is 10.5. The maximum atomic E-state index is 6.97. The largest absolute Gasteiger partial charge is 0.456 e. The molecule has 5 nitrogen and oxygen atoms in total. The number of benzene rings is 11. The first-order valence-corrected chi connectivity index (χ1v) is 23.0. The second kappa shape index (κ2) is 15.2. The van der Waals surface area contributed by atoms with Crippen LogP contribution in [0.25, 0.3) is 138 Å². The molecule has 316 valence electrons. The Kier molecular flexibility index (Phi) is 8.52. The molecule has 3 heterocycles. The summed E-state index contributed by atoms with van der Waals surface area (Å²) in [6.45, 7) is 0. The van der Waals surface area contributed by atoms with Crippen molar-refractivity contribution in [3.05, 3.63) is 231 Å². The molecule has 0 aliphatic rings. The molecule has 0 bridgehead atoms. The summed E-state index contributed by atoms with van der Waals surface area (Å²) in [6.07, 6.45) is 0. The van der Waals surface area contributed by atoms with E-state index in [4.69, 9.17) is 19.4 Å². The van der Waals surface area contributed by atoms with Gasteiger partial charge in [0, 0.05) is 49.9 Å². The highest BCUT2D eigenvalue weighted by Crippen LogP contribution is 2.45. The minimum absolute atomic E-state index is 0.574. The Morgan fingerprint density at radius 3 is 1.60 bits per heavy atom. The average molecular weight is 867 g/mol. The van der Waals surface area contributed by atoms with Gasteiger partial charge >= 0.3 is 0 Å². The van der Waals surface area contributed by atoms with Crippen LogP contribution in [0.1, 0.15) is 0 Å². The molecule has 0 amide bonds. The summed E-state index contributed by atoms with van der Waals surface area (Å²) < 4.78 is 9.41. The predicted octanol–water partition coefficient (Wildman–Crippen LogP) is 16.7. The third-order valence-corrected chi connectivity index (χ3v) is 13.6. The lowest BCUT2D eigenvalue weighted by molar-refractivity contribution is 0.668. The molecule has 0 atom stereocenters. The molecule has 0 saturated carbocycles. The van der Waals surface area contributed by atoms with E-state index in [0.29, 0.717) is 17.5 Å². The van der Waals surface area contributed by atoms with Gasteiger partial charge in [-0.2, -0.15) is 0 Å². The van der Waals surface area contributed by atoms with E-state index < -0.39 is 0 Å². The van der Waals surface area contributed by atoms with E-state index in [-0.39, 0.29) is 0 Å². The topological polar surface area (TPSA) is 56.7 Å². The number of nitrogens with zero attached hydrogens (tertiary/aromatic N) is 4. The van der Waals surface area contributed by atoms with Crippen LogP contribution >= 0.6 is 0 Å².